The molecule has 98 valence electrons. The summed E-state index contributed by atoms with van der Waals surface area (Å²) in [6.45, 7) is 2.65. The Morgan fingerprint density at radius 3 is 2.89 bits per heavy atom. The van der Waals surface area contributed by atoms with E-state index in [1.54, 1.807) is 0 Å². The molecule has 0 saturated carbocycles. The normalized spacial score (nSPS) is 19.7. The summed E-state index contributed by atoms with van der Waals surface area (Å²) in [4.78, 5) is 13.7. The second-order valence-electron chi connectivity index (χ2n) is 4.31. The van der Waals surface area contributed by atoms with Crippen LogP contribution >= 0.6 is 15.9 Å². The van der Waals surface area contributed by atoms with Gasteiger partial charge in [0.2, 0.25) is 0 Å². The Morgan fingerprint density at radius 1 is 1.50 bits per heavy atom. The highest BCUT2D eigenvalue weighted by Crippen LogP contribution is 2.22. The monoisotopic (exact) mass is 312 g/mol. The number of nitrogens with zero attached hydrogens (tertiary/aromatic N) is 1. The molecule has 2 rings (SSSR count). The molecule has 1 N–H and O–H groups in total. The molecule has 0 radical (unpaired) electrons. The van der Waals surface area contributed by atoms with Crippen LogP contribution in [0.25, 0.3) is 0 Å². The van der Waals surface area contributed by atoms with E-state index < -0.39 is 0 Å². The Balaban J connectivity index is 2.12. The van der Waals surface area contributed by atoms with E-state index in [1.807, 2.05) is 12.1 Å². The molecule has 1 atom stereocenters. The molecule has 0 amide bonds. The molecule has 0 bridgehead atoms. The minimum Gasteiger partial charge on any atom is -0.469 e. The van der Waals surface area contributed by atoms with Crippen LogP contribution in [0, 0.1) is 0 Å². The lowest BCUT2D eigenvalue weighted by atomic mass is 10.1. The molecule has 1 aromatic carbocycles. The number of carbonyl (C=O) groups is 1. The first-order valence-electron chi connectivity index (χ1n) is 6.00. The molecule has 1 saturated heterocycles. The third-order valence-corrected chi connectivity index (χ3v) is 3.67. The molecule has 0 spiro atoms. The molecule has 18 heavy (non-hydrogen) atoms. The highest BCUT2D eigenvalue weighted by molar-refractivity contribution is 9.10. The van der Waals surface area contributed by atoms with E-state index in [0.29, 0.717) is 6.42 Å². The van der Waals surface area contributed by atoms with Crippen molar-refractivity contribution in [2.24, 2.45) is 0 Å². The highest BCUT2D eigenvalue weighted by atomic mass is 79.9. The average molecular weight is 313 g/mol. The summed E-state index contributed by atoms with van der Waals surface area (Å²) in [6, 6.07) is 8.34. The van der Waals surface area contributed by atoms with Gasteiger partial charge in [0.25, 0.3) is 0 Å². The Kier molecular flexibility index (Phi) is 4.60. The zero-order chi connectivity index (χ0) is 13.0. The minimum absolute atomic E-state index is 0.160. The van der Waals surface area contributed by atoms with Crippen molar-refractivity contribution in [3.8, 4) is 0 Å². The second kappa shape index (κ2) is 6.20. The topological polar surface area (TPSA) is 41.6 Å². The molecular weight excluding hydrogens is 296 g/mol. The number of halogens is 1. The van der Waals surface area contributed by atoms with E-state index in [4.69, 9.17) is 4.74 Å². The fourth-order valence-corrected chi connectivity index (χ4v) is 2.46. The molecule has 1 unspecified atom stereocenters. The summed E-state index contributed by atoms with van der Waals surface area (Å²) < 4.78 is 5.82. The van der Waals surface area contributed by atoms with E-state index in [0.717, 1.165) is 29.8 Å². The predicted molar refractivity (Wildman–Crippen MR) is 74.8 cm³/mol. The summed E-state index contributed by atoms with van der Waals surface area (Å²) in [5.41, 5.74) is 1.15. The van der Waals surface area contributed by atoms with Gasteiger partial charge >= 0.3 is 5.97 Å². The molecule has 1 aromatic rings. The minimum atomic E-state index is -0.161. The van der Waals surface area contributed by atoms with E-state index >= 15 is 0 Å². The van der Waals surface area contributed by atoms with Crippen molar-refractivity contribution in [3.63, 3.8) is 0 Å². The lowest BCUT2D eigenvalue weighted by molar-refractivity contribution is -0.141. The molecular formula is C13H17BrN2O2. The molecule has 1 aliphatic rings. The fraction of sp³-hybridized carbons (Fsp3) is 0.462. The van der Waals surface area contributed by atoms with Crippen LogP contribution < -0.4 is 10.2 Å². The molecule has 1 aliphatic heterocycles. The maximum Gasteiger partial charge on any atom is 0.307 e. The molecule has 5 heteroatoms. The number of rotatable bonds is 3. The molecule has 1 heterocycles. The van der Waals surface area contributed by atoms with Crippen molar-refractivity contribution in [3.05, 3.63) is 28.7 Å². The predicted octanol–water partition coefficient (Wildman–Crippen LogP) is 1.79. The van der Waals surface area contributed by atoms with Gasteiger partial charge in [-0.2, -0.15) is 0 Å². The van der Waals surface area contributed by atoms with Gasteiger partial charge in [0.1, 0.15) is 0 Å². The Morgan fingerprint density at radius 2 is 2.22 bits per heavy atom. The van der Waals surface area contributed by atoms with Crippen molar-refractivity contribution >= 4 is 27.6 Å². The third kappa shape index (κ3) is 3.23. The molecule has 4 nitrogen and oxygen atoms in total. The number of piperazine rings is 1. The molecule has 1 fully saturated rings. The van der Waals surface area contributed by atoms with Gasteiger partial charge in [-0.1, -0.05) is 15.9 Å². The first-order valence-corrected chi connectivity index (χ1v) is 6.80. The first kappa shape index (κ1) is 13.4. The van der Waals surface area contributed by atoms with Crippen LogP contribution in [0.15, 0.2) is 28.7 Å². The molecule has 0 aromatic heterocycles. The van der Waals surface area contributed by atoms with Gasteiger partial charge in [-0.05, 0) is 24.3 Å². The summed E-state index contributed by atoms with van der Waals surface area (Å²) in [6.07, 6.45) is 0.416. The quantitative estimate of drug-likeness (QED) is 0.864. The fourth-order valence-electron chi connectivity index (χ4n) is 2.19. The summed E-state index contributed by atoms with van der Waals surface area (Å²) in [7, 11) is 1.43. The van der Waals surface area contributed by atoms with Crippen LogP contribution in [-0.2, 0) is 9.53 Å². The summed E-state index contributed by atoms with van der Waals surface area (Å²) in [5.74, 6) is -0.161. The number of benzene rings is 1. The highest BCUT2D eigenvalue weighted by Gasteiger charge is 2.25. The van der Waals surface area contributed by atoms with Crippen LogP contribution in [0.4, 0.5) is 5.69 Å². The number of methoxy groups -OCH3 is 1. The van der Waals surface area contributed by atoms with E-state index in [1.165, 1.54) is 7.11 Å². The maximum atomic E-state index is 11.4. The number of ether oxygens (including phenoxy) is 1. The van der Waals surface area contributed by atoms with Gasteiger partial charge in [-0.15, -0.1) is 0 Å². The van der Waals surface area contributed by atoms with Crippen molar-refractivity contribution in [2.75, 3.05) is 31.6 Å². The van der Waals surface area contributed by atoms with Crippen molar-refractivity contribution in [2.45, 2.75) is 12.5 Å². The van der Waals surface area contributed by atoms with Crippen molar-refractivity contribution in [1.29, 1.82) is 0 Å². The van der Waals surface area contributed by atoms with Crippen molar-refractivity contribution < 1.29 is 9.53 Å². The standard InChI is InChI=1S/C13H17BrN2O2/c1-18-13(17)8-12-9-15-6-7-16(12)11-4-2-10(14)3-5-11/h2-5,12,15H,6-9H2,1H3. The number of carbonyl (C=O) groups excluding carboxylic acids is 1. The van der Waals surface area contributed by atoms with Gasteiger partial charge in [-0.3, -0.25) is 4.79 Å². The van der Waals surface area contributed by atoms with Gasteiger partial charge in [-0.25, -0.2) is 0 Å². The first-order chi connectivity index (χ1) is 8.70. The number of hydrogen-bond donors (Lipinski definition) is 1. The van der Waals surface area contributed by atoms with Crippen LogP contribution in [0.3, 0.4) is 0 Å². The van der Waals surface area contributed by atoms with Gasteiger partial charge in [0, 0.05) is 29.8 Å². The second-order valence-corrected chi connectivity index (χ2v) is 5.22. The van der Waals surface area contributed by atoms with E-state index in [9.17, 15) is 4.79 Å². The van der Waals surface area contributed by atoms with Gasteiger partial charge in [0.15, 0.2) is 0 Å². The number of esters is 1. The number of nitrogens with one attached hydrogen (secondary N) is 1. The lowest BCUT2D eigenvalue weighted by Gasteiger charge is -2.37. The summed E-state index contributed by atoms with van der Waals surface area (Å²) >= 11 is 3.43. The Hall–Kier alpha value is -1.07. The number of hydrogen-bond acceptors (Lipinski definition) is 4. The van der Waals surface area contributed by atoms with Gasteiger partial charge in [0.05, 0.1) is 19.6 Å². The molecule has 0 aliphatic carbocycles. The maximum absolute atomic E-state index is 11.4. The van der Waals surface area contributed by atoms with E-state index in [-0.39, 0.29) is 12.0 Å². The van der Waals surface area contributed by atoms with Crippen LogP contribution in [-0.4, -0.2) is 38.8 Å². The summed E-state index contributed by atoms with van der Waals surface area (Å²) in [5, 5.41) is 3.32. The SMILES string of the molecule is COC(=O)CC1CNCCN1c1ccc(Br)cc1. The zero-order valence-electron chi connectivity index (χ0n) is 10.4. The van der Waals surface area contributed by atoms with Crippen molar-refractivity contribution in [1.82, 2.24) is 5.32 Å². The average Bonchev–Trinajstić information content (AvgIpc) is 2.40. The van der Waals surface area contributed by atoms with Gasteiger partial charge < -0.3 is 15.0 Å². The zero-order valence-corrected chi connectivity index (χ0v) is 11.9. The largest absolute Gasteiger partial charge is 0.469 e. The Bertz CT molecular complexity index is 408. The van der Waals surface area contributed by atoms with E-state index in [2.05, 4.69) is 38.3 Å². The van der Waals surface area contributed by atoms with Crippen LogP contribution in [0.5, 0.6) is 0 Å². The van der Waals surface area contributed by atoms with Crippen LogP contribution in [0.2, 0.25) is 0 Å². The number of anilines is 1. The third-order valence-electron chi connectivity index (χ3n) is 3.14. The van der Waals surface area contributed by atoms with Crippen LogP contribution in [0.1, 0.15) is 6.42 Å². The lowest BCUT2D eigenvalue weighted by Crippen LogP contribution is -2.52. The Labute approximate surface area is 115 Å². The smallest absolute Gasteiger partial charge is 0.307 e.